The van der Waals surface area contributed by atoms with E-state index >= 15 is 0 Å². The molecule has 2 aromatic rings. The van der Waals surface area contributed by atoms with Gasteiger partial charge in [-0.05, 0) is 57.0 Å². The van der Waals surface area contributed by atoms with E-state index in [1.165, 1.54) is 19.3 Å². The summed E-state index contributed by atoms with van der Waals surface area (Å²) in [6, 6.07) is 6.85. The quantitative estimate of drug-likeness (QED) is 0.903. The molecule has 22 heavy (non-hydrogen) atoms. The Kier molecular flexibility index (Phi) is 6.09. The summed E-state index contributed by atoms with van der Waals surface area (Å²) in [5.41, 5.74) is 1.06. The van der Waals surface area contributed by atoms with E-state index in [0.29, 0.717) is 12.1 Å². The van der Waals surface area contributed by atoms with Gasteiger partial charge in [-0.15, -0.1) is 12.4 Å². The normalized spacial score (nSPS) is 21.8. The summed E-state index contributed by atoms with van der Waals surface area (Å²) in [5.74, 6) is 0.967. The minimum atomic E-state index is 0. The summed E-state index contributed by atoms with van der Waals surface area (Å²) >= 11 is 0. The molecule has 1 fully saturated rings. The predicted molar refractivity (Wildman–Crippen MR) is 92.9 cm³/mol. The Morgan fingerprint density at radius 2 is 2.09 bits per heavy atom. The number of ether oxygens (including phenoxy) is 1. The highest BCUT2D eigenvalue weighted by atomic mass is 35.5. The van der Waals surface area contributed by atoms with Crippen molar-refractivity contribution < 1.29 is 4.74 Å². The Labute approximate surface area is 138 Å². The molecular weight excluding hydrogens is 298 g/mol. The standard InChI is InChI=1S/C17H25N3O.ClH/c1-3-20(4-2)14-6-5-7-15(11-14)21-16-8-9-17-13(10-16)12-18-19-17;/h8-10,12,14-15H,3-7,11H2,1-2H3,(H,18,19);1H. The van der Waals surface area contributed by atoms with Crippen LogP contribution in [0.2, 0.25) is 0 Å². The van der Waals surface area contributed by atoms with E-state index in [1.807, 2.05) is 18.3 Å². The highest BCUT2D eigenvalue weighted by Gasteiger charge is 2.26. The lowest BCUT2D eigenvalue weighted by molar-refractivity contribution is 0.0819. The van der Waals surface area contributed by atoms with Crippen molar-refractivity contribution in [2.24, 2.45) is 0 Å². The summed E-state index contributed by atoms with van der Waals surface area (Å²) in [6.45, 7) is 6.77. The lowest BCUT2D eigenvalue weighted by atomic mass is 9.91. The number of hydrogen-bond acceptors (Lipinski definition) is 3. The van der Waals surface area contributed by atoms with Gasteiger partial charge in [-0.1, -0.05) is 13.8 Å². The molecule has 1 aliphatic rings. The van der Waals surface area contributed by atoms with Crippen LogP contribution in [-0.2, 0) is 0 Å². The number of rotatable bonds is 5. The van der Waals surface area contributed by atoms with Gasteiger partial charge >= 0.3 is 0 Å². The minimum absolute atomic E-state index is 0. The maximum atomic E-state index is 6.23. The zero-order valence-corrected chi connectivity index (χ0v) is 14.2. The number of fused-ring (bicyclic) bond motifs is 1. The molecule has 2 unspecified atom stereocenters. The molecule has 4 nitrogen and oxygen atoms in total. The van der Waals surface area contributed by atoms with Crippen LogP contribution in [0.25, 0.3) is 10.9 Å². The van der Waals surface area contributed by atoms with E-state index in [9.17, 15) is 0 Å². The van der Waals surface area contributed by atoms with Crippen LogP contribution in [0.4, 0.5) is 0 Å². The van der Waals surface area contributed by atoms with Crippen molar-refractivity contribution in [1.82, 2.24) is 15.1 Å². The first-order valence-corrected chi connectivity index (χ1v) is 8.14. The summed E-state index contributed by atoms with van der Waals surface area (Å²) in [4.78, 5) is 2.56. The first-order chi connectivity index (χ1) is 10.3. The van der Waals surface area contributed by atoms with Gasteiger partial charge in [0.25, 0.3) is 0 Å². The van der Waals surface area contributed by atoms with E-state index in [1.54, 1.807) is 0 Å². The monoisotopic (exact) mass is 323 g/mol. The Balaban J connectivity index is 0.00000176. The number of benzene rings is 1. The van der Waals surface area contributed by atoms with Crippen molar-refractivity contribution in [3.05, 3.63) is 24.4 Å². The Morgan fingerprint density at radius 1 is 1.27 bits per heavy atom. The fourth-order valence-corrected chi connectivity index (χ4v) is 3.49. The zero-order valence-electron chi connectivity index (χ0n) is 13.4. The van der Waals surface area contributed by atoms with Crippen molar-refractivity contribution >= 4 is 23.3 Å². The number of aromatic nitrogens is 2. The van der Waals surface area contributed by atoms with Crippen molar-refractivity contribution in [2.45, 2.75) is 51.7 Å². The first-order valence-electron chi connectivity index (χ1n) is 8.14. The number of aromatic amines is 1. The SMILES string of the molecule is CCN(CC)C1CCCC(Oc2ccc3[nH]ncc3c2)C1.Cl. The van der Waals surface area contributed by atoms with Gasteiger partial charge < -0.3 is 9.64 Å². The molecule has 0 bridgehead atoms. The molecular formula is C17H26ClN3O. The average molecular weight is 324 g/mol. The van der Waals surface area contributed by atoms with Crippen LogP contribution in [0.15, 0.2) is 24.4 Å². The van der Waals surface area contributed by atoms with Crippen LogP contribution in [0.1, 0.15) is 39.5 Å². The van der Waals surface area contributed by atoms with Crippen LogP contribution in [0, 0.1) is 0 Å². The average Bonchev–Trinajstić information content (AvgIpc) is 2.96. The molecule has 1 aliphatic carbocycles. The molecule has 0 saturated heterocycles. The molecule has 1 aromatic heterocycles. The van der Waals surface area contributed by atoms with Crippen LogP contribution in [0.5, 0.6) is 5.75 Å². The van der Waals surface area contributed by atoms with Crippen LogP contribution < -0.4 is 4.74 Å². The maximum absolute atomic E-state index is 6.23. The molecule has 1 saturated carbocycles. The van der Waals surface area contributed by atoms with E-state index in [4.69, 9.17) is 4.74 Å². The van der Waals surface area contributed by atoms with Gasteiger partial charge in [0.2, 0.25) is 0 Å². The van der Waals surface area contributed by atoms with E-state index in [0.717, 1.165) is 36.2 Å². The molecule has 1 aromatic carbocycles. The summed E-state index contributed by atoms with van der Waals surface area (Å²) in [6.07, 6.45) is 7.07. The van der Waals surface area contributed by atoms with Crippen molar-refractivity contribution in [1.29, 1.82) is 0 Å². The highest BCUT2D eigenvalue weighted by Crippen LogP contribution is 2.28. The summed E-state index contributed by atoms with van der Waals surface area (Å²) in [5, 5.41) is 8.15. The number of nitrogens with zero attached hydrogens (tertiary/aromatic N) is 2. The highest BCUT2D eigenvalue weighted by molar-refractivity contribution is 5.85. The smallest absolute Gasteiger partial charge is 0.120 e. The Bertz CT molecular complexity index is 582. The lowest BCUT2D eigenvalue weighted by Crippen LogP contribution is -2.41. The maximum Gasteiger partial charge on any atom is 0.120 e. The van der Waals surface area contributed by atoms with Crippen LogP contribution in [0.3, 0.4) is 0 Å². The van der Waals surface area contributed by atoms with Gasteiger partial charge in [-0.3, -0.25) is 5.10 Å². The van der Waals surface area contributed by atoms with Crippen LogP contribution >= 0.6 is 12.4 Å². The molecule has 0 radical (unpaired) electrons. The molecule has 122 valence electrons. The fraction of sp³-hybridized carbons (Fsp3) is 0.588. The minimum Gasteiger partial charge on any atom is -0.490 e. The molecule has 2 atom stereocenters. The summed E-state index contributed by atoms with van der Waals surface area (Å²) in [7, 11) is 0. The number of halogens is 1. The van der Waals surface area contributed by atoms with E-state index in [-0.39, 0.29) is 12.4 Å². The second-order valence-electron chi connectivity index (χ2n) is 5.90. The largest absolute Gasteiger partial charge is 0.490 e. The Hall–Kier alpha value is -1.26. The molecule has 1 heterocycles. The second kappa shape index (κ2) is 7.84. The Morgan fingerprint density at radius 3 is 2.86 bits per heavy atom. The van der Waals surface area contributed by atoms with E-state index < -0.39 is 0 Å². The first kappa shape index (κ1) is 17.1. The zero-order chi connectivity index (χ0) is 14.7. The third-order valence-electron chi connectivity index (χ3n) is 4.64. The third kappa shape index (κ3) is 3.73. The lowest BCUT2D eigenvalue weighted by Gasteiger charge is -2.36. The molecule has 5 heteroatoms. The van der Waals surface area contributed by atoms with Gasteiger partial charge in [-0.25, -0.2) is 0 Å². The topological polar surface area (TPSA) is 41.1 Å². The van der Waals surface area contributed by atoms with Gasteiger partial charge in [0.05, 0.1) is 11.7 Å². The van der Waals surface area contributed by atoms with Crippen molar-refractivity contribution in [2.75, 3.05) is 13.1 Å². The number of hydrogen-bond donors (Lipinski definition) is 1. The molecule has 0 amide bonds. The fourth-order valence-electron chi connectivity index (χ4n) is 3.49. The predicted octanol–water partition coefficient (Wildman–Crippen LogP) is 4.02. The third-order valence-corrected chi connectivity index (χ3v) is 4.64. The summed E-state index contributed by atoms with van der Waals surface area (Å²) < 4.78 is 6.23. The van der Waals surface area contributed by atoms with Crippen molar-refractivity contribution in [3.8, 4) is 5.75 Å². The van der Waals surface area contributed by atoms with Gasteiger partial charge in [-0.2, -0.15) is 5.10 Å². The number of nitrogens with one attached hydrogen (secondary N) is 1. The molecule has 3 rings (SSSR count). The van der Waals surface area contributed by atoms with Gasteiger partial charge in [0.1, 0.15) is 11.9 Å². The second-order valence-corrected chi connectivity index (χ2v) is 5.90. The number of H-pyrrole nitrogens is 1. The van der Waals surface area contributed by atoms with Crippen molar-refractivity contribution in [3.63, 3.8) is 0 Å². The van der Waals surface area contributed by atoms with Crippen LogP contribution in [-0.4, -0.2) is 40.3 Å². The molecule has 0 spiro atoms. The molecule has 1 N–H and O–H groups in total. The van der Waals surface area contributed by atoms with Gasteiger partial charge in [0.15, 0.2) is 0 Å². The van der Waals surface area contributed by atoms with E-state index in [2.05, 4.69) is 35.0 Å². The molecule has 0 aliphatic heterocycles. The van der Waals surface area contributed by atoms with Gasteiger partial charge in [0, 0.05) is 11.4 Å².